The van der Waals surface area contributed by atoms with Crippen molar-refractivity contribution in [1.29, 1.82) is 0 Å². The van der Waals surface area contributed by atoms with Crippen LogP contribution in [-0.4, -0.2) is 11.5 Å². The standard InChI is InChI=1S/C17H21FN2/c1-5-19-17(14-8-11(2)9-15(18)10-14)16-7-6-12(3)20-13(16)4/h6-10,17,19H,5H2,1-4H3. The van der Waals surface area contributed by atoms with Gasteiger partial charge in [0, 0.05) is 11.4 Å². The van der Waals surface area contributed by atoms with Crippen molar-refractivity contribution in [1.82, 2.24) is 10.3 Å². The lowest BCUT2D eigenvalue weighted by molar-refractivity contribution is 0.599. The van der Waals surface area contributed by atoms with Crippen molar-refractivity contribution in [2.45, 2.75) is 33.7 Å². The van der Waals surface area contributed by atoms with Gasteiger partial charge in [-0.15, -0.1) is 0 Å². The summed E-state index contributed by atoms with van der Waals surface area (Å²) in [5, 5.41) is 3.42. The topological polar surface area (TPSA) is 24.9 Å². The lowest BCUT2D eigenvalue weighted by Gasteiger charge is -2.21. The molecule has 0 amide bonds. The second-order valence-corrected chi connectivity index (χ2v) is 5.18. The van der Waals surface area contributed by atoms with Crippen LogP contribution >= 0.6 is 0 Å². The Morgan fingerprint density at radius 2 is 1.90 bits per heavy atom. The van der Waals surface area contributed by atoms with Gasteiger partial charge in [0.05, 0.1) is 6.04 Å². The van der Waals surface area contributed by atoms with E-state index in [0.29, 0.717) is 0 Å². The van der Waals surface area contributed by atoms with Crippen molar-refractivity contribution < 1.29 is 4.39 Å². The van der Waals surface area contributed by atoms with E-state index in [1.807, 2.05) is 32.9 Å². The Morgan fingerprint density at radius 3 is 2.50 bits per heavy atom. The van der Waals surface area contributed by atoms with Crippen LogP contribution in [-0.2, 0) is 0 Å². The molecular weight excluding hydrogens is 251 g/mol. The fourth-order valence-electron chi connectivity index (χ4n) is 2.55. The molecule has 0 aliphatic heterocycles. The van der Waals surface area contributed by atoms with Crippen molar-refractivity contribution in [3.8, 4) is 0 Å². The summed E-state index contributed by atoms with van der Waals surface area (Å²) in [4.78, 5) is 4.51. The average molecular weight is 272 g/mol. The number of nitrogens with one attached hydrogen (secondary N) is 1. The zero-order valence-corrected chi connectivity index (χ0v) is 12.5. The molecule has 1 heterocycles. The van der Waals surface area contributed by atoms with Crippen LogP contribution in [0.4, 0.5) is 4.39 Å². The Balaban J connectivity index is 2.49. The molecule has 1 unspecified atom stereocenters. The van der Waals surface area contributed by atoms with E-state index in [-0.39, 0.29) is 11.9 Å². The van der Waals surface area contributed by atoms with E-state index in [4.69, 9.17) is 0 Å². The SMILES string of the molecule is CCNC(c1cc(C)cc(F)c1)c1ccc(C)nc1C. The highest BCUT2D eigenvalue weighted by Gasteiger charge is 2.17. The van der Waals surface area contributed by atoms with Crippen LogP contribution in [0.2, 0.25) is 0 Å². The van der Waals surface area contributed by atoms with E-state index < -0.39 is 0 Å². The minimum absolute atomic E-state index is 0.0255. The van der Waals surface area contributed by atoms with Gasteiger partial charge in [0.2, 0.25) is 0 Å². The van der Waals surface area contributed by atoms with E-state index in [9.17, 15) is 4.39 Å². The van der Waals surface area contributed by atoms with Gasteiger partial charge in [-0.1, -0.05) is 19.1 Å². The van der Waals surface area contributed by atoms with Gasteiger partial charge in [0.15, 0.2) is 0 Å². The predicted octanol–water partition coefficient (Wildman–Crippen LogP) is 3.84. The maximum atomic E-state index is 13.7. The molecule has 2 aromatic rings. The van der Waals surface area contributed by atoms with Crippen LogP contribution in [0.15, 0.2) is 30.3 Å². The molecule has 20 heavy (non-hydrogen) atoms. The number of benzene rings is 1. The van der Waals surface area contributed by atoms with Crippen LogP contribution in [0.1, 0.15) is 41.0 Å². The van der Waals surface area contributed by atoms with Gasteiger partial charge in [-0.05, 0) is 62.2 Å². The first-order valence-electron chi connectivity index (χ1n) is 6.96. The lowest BCUT2D eigenvalue weighted by atomic mass is 9.96. The number of rotatable bonds is 4. The number of aromatic nitrogens is 1. The molecule has 106 valence electrons. The molecule has 0 radical (unpaired) electrons. The normalized spacial score (nSPS) is 12.4. The molecule has 3 heteroatoms. The Morgan fingerprint density at radius 1 is 1.15 bits per heavy atom. The summed E-state index contributed by atoms with van der Waals surface area (Å²) < 4.78 is 13.7. The molecule has 0 saturated heterocycles. The third-order valence-corrected chi connectivity index (χ3v) is 3.38. The highest BCUT2D eigenvalue weighted by molar-refractivity contribution is 5.36. The zero-order valence-electron chi connectivity index (χ0n) is 12.5. The van der Waals surface area contributed by atoms with E-state index in [2.05, 4.69) is 23.3 Å². The molecule has 1 atom stereocenters. The zero-order chi connectivity index (χ0) is 14.7. The summed E-state index contributed by atoms with van der Waals surface area (Å²) in [6.45, 7) is 8.75. The highest BCUT2D eigenvalue weighted by atomic mass is 19.1. The molecule has 0 fully saturated rings. The van der Waals surface area contributed by atoms with E-state index in [0.717, 1.165) is 34.6 Å². The third kappa shape index (κ3) is 3.23. The summed E-state index contributed by atoms with van der Waals surface area (Å²) >= 11 is 0. The third-order valence-electron chi connectivity index (χ3n) is 3.38. The maximum absolute atomic E-state index is 13.7. The first-order chi connectivity index (χ1) is 9.51. The molecule has 2 rings (SSSR count). The molecule has 0 bridgehead atoms. The van der Waals surface area contributed by atoms with Crippen LogP contribution < -0.4 is 5.32 Å². The lowest BCUT2D eigenvalue weighted by Crippen LogP contribution is -2.23. The van der Waals surface area contributed by atoms with Crippen LogP contribution in [0.25, 0.3) is 0 Å². The summed E-state index contributed by atoms with van der Waals surface area (Å²) in [6, 6.07) is 9.22. The molecule has 1 aromatic heterocycles. The largest absolute Gasteiger partial charge is 0.306 e. The van der Waals surface area contributed by atoms with Crippen LogP contribution in [0, 0.1) is 26.6 Å². The van der Waals surface area contributed by atoms with Crippen LogP contribution in [0.5, 0.6) is 0 Å². The summed E-state index contributed by atoms with van der Waals surface area (Å²) in [5.41, 5.74) is 4.95. The predicted molar refractivity (Wildman–Crippen MR) is 80.4 cm³/mol. The minimum Gasteiger partial charge on any atom is -0.306 e. The van der Waals surface area contributed by atoms with Crippen molar-refractivity contribution in [2.75, 3.05) is 6.54 Å². The Labute approximate surface area is 120 Å². The molecule has 0 aliphatic carbocycles. The van der Waals surface area contributed by atoms with E-state index >= 15 is 0 Å². The Hall–Kier alpha value is -1.74. The first-order valence-corrected chi connectivity index (χ1v) is 6.96. The molecule has 1 aromatic carbocycles. The van der Waals surface area contributed by atoms with Crippen molar-refractivity contribution in [2.24, 2.45) is 0 Å². The van der Waals surface area contributed by atoms with Gasteiger partial charge in [-0.3, -0.25) is 4.98 Å². The van der Waals surface area contributed by atoms with Crippen LogP contribution in [0.3, 0.4) is 0 Å². The van der Waals surface area contributed by atoms with Gasteiger partial charge in [0.1, 0.15) is 5.82 Å². The van der Waals surface area contributed by atoms with Crippen molar-refractivity contribution in [3.63, 3.8) is 0 Å². The number of hydrogen-bond acceptors (Lipinski definition) is 2. The van der Waals surface area contributed by atoms with Gasteiger partial charge >= 0.3 is 0 Å². The first kappa shape index (κ1) is 14.7. The number of halogens is 1. The number of nitrogens with zero attached hydrogens (tertiary/aromatic N) is 1. The van der Waals surface area contributed by atoms with E-state index in [1.54, 1.807) is 12.1 Å². The molecule has 0 aliphatic rings. The number of hydrogen-bond donors (Lipinski definition) is 1. The second kappa shape index (κ2) is 6.14. The Kier molecular flexibility index (Phi) is 4.50. The summed E-state index contributed by atoms with van der Waals surface area (Å²) in [6.07, 6.45) is 0. The quantitative estimate of drug-likeness (QED) is 0.914. The van der Waals surface area contributed by atoms with Gasteiger partial charge in [-0.25, -0.2) is 4.39 Å². The van der Waals surface area contributed by atoms with Crippen molar-refractivity contribution >= 4 is 0 Å². The summed E-state index contributed by atoms with van der Waals surface area (Å²) in [7, 11) is 0. The van der Waals surface area contributed by atoms with E-state index in [1.165, 1.54) is 0 Å². The minimum atomic E-state index is -0.194. The fourth-order valence-corrected chi connectivity index (χ4v) is 2.55. The molecule has 2 nitrogen and oxygen atoms in total. The molecule has 1 N–H and O–H groups in total. The molecule has 0 saturated carbocycles. The highest BCUT2D eigenvalue weighted by Crippen LogP contribution is 2.25. The monoisotopic (exact) mass is 272 g/mol. The average Bonchev–Trinajstić information content (AvgIpc) is 2.35. The fraction of sp³-hybridized carbons (Fsp3) is 0.353. The van der Waals surface area contributed by atoms with Gasteiger partial charge < -0.3 is 5.32 Å². The maximum Gasteiger partial charge on any atom is 0.123 e. The smallest absolute Gasteiger partial charge is 0.123 e. The van der Waals surface area contributed by atoms with Gasteiger partial charge in [0.25, 0.3) is 0 Å². The number of pyridine rings is 1. The summed E-state index contributed by atoms with van der Waals surface area (Å²) in [5.74, 6) is -0.194. The van der Waals surface area contributed by atoms with Gasteiger partial charge in [-0.2, -0.15) is 0 Å². The second-order valence-electron chi connectivity index (χ2n) is 5.18. The number of aryl methyl sites for hydroxylation is 3. The Bertz CT molecular complexity index is 588. The molecule has 0 spiro atoms. The molecular formula is C17H21FN2. The van der Waals surface area contributed by atoms with Crippen molar-refractivity contribution in [3.05, 3.63) is 64.2 Å².